The number of hydrogen-bond acceptors (Lipinski definition) is 3. The fourth-order valence-corrected chi connectivity index (χ4v) is 8.19. The predicted octanol–water partition coefficient (Wildman–Crippen LogP) is 10.6. The molecule has 2 aliphatic carbocycles. The van der Waals surface area contributed by atoms with Crippen LogP contribution in [-0.4, -0.2) is 10.9 Å². The van der Waals surface area contributed by atoms with Crippen LogP contribution in [0.2, 0.25) is 0 Å². The van der Waals surface area contributed by atoms with E-state index in [1.165, 1.54) is 38.2 Å². The van der Waals surface area contributed by atoms with Gasteiger partial charge in [-0.25, -0.2) is 0 Å². The molecule has 0 unspecified atom stereocenters. The average molecular weight is 580 g/mol. The van der Waals surface area contributed by atoms with Gasteiger partial charge in [0.15, 0.2) is 0 Å². The van der Waals surface area contributed by atoms with Crippen LogP contribution in [0.3, 0.4) is 0 Å². The number of allylic oxidation sites excluding steroid dienone is 6. The minimum Gasteiger partial charge on any atom is -0.506 e. The molecular weight excluding hydrogens is 538 g/mol. The molecule has 222 valence electrons. The van der Waals surface area contributed by atoms with Gasteiger partial charge in [0.2, 0.25) is 5.78 Å². The van der Waals surface area contributed by atoms with E-state index in [1.807, 2.05) is 0 Å². The fourth-order valence-electron chi connectivity index (χ4n) is 8.19. The number of ketones is 1. The maximum Gasteiger partial charge on any atom is 0.201 e. The number of nitrogens with one attached hydrogen (secondary N) is 1. The third-order valence-electron chi connectivity index (χ3n) is 10.2. The summed E-state index contributed by atoms with van der Waals surface area (Å²) in [7, 11) is 0. The highest BCUT2D eigenvalue weighted by Crippen LogP contribution is 2.54. The lowest BCUT2D eigenvalue weighted by molar-refractivity contribution is -0.113. The number of anilines is 1. The molecule has 3 heteroatoms. The van der Waals surface area contributed by atoms with E-state index in [1.54, 1.807) is 0 Å². The summed E-state index contributed by atoms with van der Waals surface area (Å²) in [5.41, 5.74) is 9.25. The number of carbonyl (C=O) groups is 1. The van der Waals surface area contributed by atoms with Crippen LogP contribution in [0.5, 0.6) is 0 Å². The minimum atomic E-state index is -0.349. The van der Waals surface area contributed by atoms with Crippen LogP contribution in [0, 0.1) is 0 Å². The first-order valence-corrected chi connectivity index (χ1v) is 16.1. The summed E-state index contributed by atoms with van der Waals surface area (Å²) in [5, 5.41) is 20.5. The summed E-state index contributed by atoms with van der Waals surface area (Å²) in [4.78, 5) is 14.3. The molecule has 7 rings (SSSR count). The second kappa shape index (κ2) is 10.1. The van der Waals surface area contributed by atoms with Crippen molar-refractivity contribution >= 4 is 39.1 Å². The molecule has 0 saturated heterocycles. The molecule has 0 saturated carbocycles. The number of Topliss-reactive ketones (excluding diaryl/α,β-unsaturated/α-hetero) is 1. The zero-order valence-corrected chi connectivity index (χ0v) is 26.7. The Labute approximate surface area is 260 Å². The van der Waals surface area contributed by atoms with Crippen LogP contribution in [0.15, 0.2) is 112 Å². The summed E-state index contributed by atoms with van der Waals surface area (Å²) in [6.45, 7) is 13.3. The van der Waals surface area contributed by atoms with Crippen molar-refractivity contribution in [2.45, 2.75) is 78.1 Å². The van der Waals surface area contributed by atoms with Gasteiger partial charge in [-0.05, 0) is 73.9 Å². The Balaban J connectivity index is 1.38. The number of fused-ring (bicyclic) bond motifs is 6. The van der Waals surface area contributed by atoms with E-state index in [9.17, 15) is 9.90 Å². The van der Waals surface area contributed by atoms with Crippen LogP contribution in [0.1, 0.15) is 83.9 Å². The van der Waals surface area contributed by atoms with Gasteiger partial charge in [-0.3, -0.25) is 4.79 Å². The van der Waals surface area contributed by atoms with E-state index >= 15 is 0 Å². The third-order valence-corrected chi connectivity index (χ3v) is 10.2. The van der Waals surface area contributed by atoms with Gasteiger partial charge in [0.1, 0.15) is 5.76 Å². The second-order valence-corrected chi connectivity index (χ2v) is 13.7. The first-order chi connectivity index (χ1) is 21.1. The molecule has 3 aliphatic rings. The summed E-state index contributed by atoms with van der Waals surface area (Å²) >= 11 is 0. The van der Waals surface area contributed by atoms with Gasteiger partial charge in [-0.1, -0.05) is 127 Å². The highest BCUT2D eigenvalue weighted by Gasteiger charge is 2.46. The molecule has 3 nitrogen and oxygen atoms in total. The number of hydrogen-bond donors (Lipinski definition) is 2. The highest BCUT2D eigenvalue weighted by molar-refractivity contribution is 6.23. The summed E-state index contributed by atoms with van der Waals surface area (Å²) in [5.74, 6) is 0.128. The smallest absolute Gasteiger partial charge is 0.201 e. The molecule has 0 fully saturated rings. The molecule has 0 aromatic heterocycles. The van der Waals surface area contributed by atoms with Gasteiger partial charge in [-0.15, -0.1) is 0 Å². The quantitative estimate of drug-likeness (QED) is 0.223. The minimum absolute atomic E-state index is 0.0298. The van der Waals surface area contributed by atoms with Crippen molar-refractivity contribution in [3.05, 3.63) is 129 Å². The van der Waals surface area contributed by atoms with Crippen molar-refractivity contribution < 1.29 is 9.90 Å². The van der Waals surface area contributed by atoms with E-state index in [0.29, 0.717) is 17.6 Å². The zero-order chi connectivity index (χ0) is 31.0. The van der Waals surface area contributed by atoms with Crippen LogP contribution in [0.4, 0.5) is 5.69 Å². The third kappa shape index (κ3) is 3.91. The van der Waals surface area contributed by atoms with E-state index < -0.39 is 0 Å². The maximum absolute atomic E-state index is 14.3. The van der Waals surface area contributed by atoms with Crippen LogP contribution >= 0.6 is 0 Å². The number of benzene rings is 4. The lowest BCUT2D eigenvalue weighted by atomic mass is 9.70. The SMILES string of the molecule is CCCC(C1=Cc2ccc3ccccc3c2C1(C)C)=C1C(=O)C(/C(CCC)=C2/Nc3ccc4ccccc4c3C2(C)C)=C1O. The second-order valence-electron chi connectivity index (χ2n) is 13.7. The number of aliphatic hydroxyl groups is 1. The fraction of sp³-hybridized carbons (Fsp3) is 0.293. The molecule has 0 radical (unpaired) electrons. The van der Waals surface area contributed by atoms with Crippen molar-refractivity contribution in [3.8, 4) is 0 Å². The maximum atomic E-state index is 14.3. The molecular formula is C41H41NO2. The van der Waals surface area contributed by atoms with E-state index in [-0.39, 0.29) is 22.4 Å². The van der Waals surface area contributed by atoms with Crippen molar-refractivity contribution in [1.82, 2.24) is 0 Å². The predicted molar refractivity (Wildman–Crippen MR) is 184 cm³/mol. The van der Waals surface area contributed by atoms with E-state index in [0.717, 1.165) is 47.4 Å². The highest BCUT2D eigenvalue weighted by atomic mass is 16.3. The Kier molecular flexibility index (Phi) is 6.51. The molecule has 1 aliphatic heterocycles. The lowest BCUT2D eigenvalue weighted by Crippen LogP contribution is -2.30. The van der Waals surface area contributed by atoms with Crippen LogP contribution < -0.4 is 5.32 Å². The number of rotatable bonds is 6. The van der Waals surface area contributed by atoms with Crippen molar-refractivity contribution in [3.63, 3.8) is 0 Å². The molecule has 0 spiro atoms. The molecule has 4 aromatic rings. The summed E-state index contributed by atoms with van der Waals surface area (Å²) in [6.07, 6.45) is 5.47. The Hall–Kier alpha value is -4.37. The topological polar surface area (TPSA) is 49.3 Å². The molecule has 44 heavy (non-hydrogen) atoms. The van der Waals surface area contributed by atoms with Crippen molar-refractivity contribution in [2.24, 2.45) is 0 Å². The molecule has 4 aromatic carbocycles. The number of carbonyl (C=O) groups excluding carboxylic acids is 1. The van der Waals surface area contributed by atoms with Crippen molar-refractivity contribution in [2.75, 3.05) is 5.32 Å². The Morgan fingerprint density at radius 3 is 1.95 bits per heavy atom. The molecule has 0 amide bonds. The Morgan fingerprint density at radius 1 is 0.727 bits per heavy atom. The van der Waals surface area contributed by atoms with Gasteiger partial charge >= 0.3 is 0 Å². The summed E-state index contributed by atoms with van der Waals surface area (Å²) < 4.78 is 0. The molecule has 1 heterocycles. The summed E-state index contributed by atoms with van der Waals surface area (Å²) in [6, 6.07) is 25.7. The Morgan fingerprint density at radius 2 is 1.32 bits per heavy atom. The Bertz CT molecular complexity index is 2030. The zero-order valence-electron chi connectivity index (χ0n) is 26.7. The van der Waals surface area contributed by atoms with Gasteiger partial charge in [-0.2, -0.15) is 0 Å². The molecule has 2 N–H and O–H groups in total. The first-order valence-electron chi connectivity index (χ1n) is 16.1. The number of aliphatic hydroxyl groups excluding tert-OH is 1. The molecule has 0 bridgehead atoms. The van der Waals surface area contributed by atoms with Gasteiger partial charge in [0, 0.05) is 22.2 Å². The van der Waals surface area contributed by atoms with Gasteiger partial charge in [0.05, 0.1) is 11.1 Å². The monoisotopic (exact) mass is 579 g/mol. The normalized spacial score (nSPS) is 20.3. The van der Waals surface area contributed by atoms with Crippen LogP contribution in [0.25, 0.3) is 27.6 Å². The van der Waals surface area contributed by atoms with Crippen molar-refractivity contribution in [1.29, 1.82) is 0 Å². The van der Waals surface area contributed by atoms with E-state index in [2.05, 4.69) is 126 Å². The first kappa shape index (κ1) is 28.4. The van der Waals surface area contributed by atoms with Crippen LogP contribution in [-0.2, 0) is 15.6 Å². The van der Waals surface area contributed by atoms with Gasteiger partial charge < -0.3 is 10.4 Å². The average Bonchev–Trinajstić information content (AvgIpc) is 3.45. The standard InChI is InChI=1S/C41H41NO2/c1-7-13-29(31-23-26-20-19-24-15-9-11-17-27(24)35(26)40(31,3)4)33-37(43)34(38(33)44)30(14-8-2)39-41(5,6)36-28-18-12-10-16-25(28)21-22-32(36)42-39/h9-12,15-23,42-43H,7-8,13-14H2,1-6H3/b33-29?,39-30+. The largest absolute Gasteiger partial charge is 0.506 e. The van der Waals surface area contributed by atoms with Gasteiger partial charge in [0.25, 0.3) is 0 Å². The lowest BCUT2D eigenvalue weighted by Gasteiger charge is -2.33. The van der Waals surface area contributed by atoms with E-state index in [4.69, 9.17) is 0 Å². The molecule has 0 atom stereocenters.